The summed E-state index contributed by atoms with van der Waals surface area (Å²) in [6.07, 6.45) is -0.138. The second-order valence-electron chi connectivity index (χ2n) is 5.47. The predicted octanol–water partition coefficient (Wildman–Crippen LogP) is 1.78. The average Bonchev–Trinajstić information content (AvgIpc) is 2.60. The van der Waals surface area contributed by atoms with Gasteiger partial charge in [0.15, 0.2) is 0 Å². The average molecular weight is 396 g/mol. The number of hydrogen-bond acceptors (Lipinski definition) is 4. The summed E-state index contributed by atoms with van der Waals surface area (Å²) >= 11 is 5.72. The van der Waals surface area contributed by atoms with E-state index in [1.165, 1.54) is 24.3 Å². The molecule has 3 N–H and O–H groups in total. The molecule has 0 heterocycles. The molecular weight excluding hydrogens is 378 g/mol. The molecule has 0 spiro atoms. The fourth-order valence-electron chi connectivity index (χ4n) is 1.96. The van der Waals surface area contributed by atoms with E-state index in [1.807, 2.05) is 6.92 Å². The number of nitrogens with one attached hydrogen (secondary N) is 3. The van der Waals surface area contributed by atoms with Gasteiger partial charge in [-0.3, -0.25) is 20.4 Å². The second-order valence-corrected chi connectivity index (χ2v) is 7.67. The molecule has 2 aromatic carbocycles. The largest absolute Gasteiger partial charge is 0.273 e. The second kappa shape index (κ2) is 8.79. The van der Waals surface area contributed by atoms with Crippen LogP contribution in [0.1, 0.15) is 22.3 Å². The molecule has 0 aliphatic carbocycles. The summed E-state index contributed by atoms with van der Waals surface area (Å²) in [5.74, 6) is -0.982. The normalized spacial score (nSPS) is 11.0. The Morgan fingerprint density at radius 3 is 2.19 bits per heavy atom. The highest BCUT2D eigenvalue weighted by molar-refractivity contribution is 7.89. The molecule has 2 rings (SSSR count). The topological polar surface area (TPSA) is 104 Å². The van der Waals surface area contributed by atoms with E-state index >= 15 is 0 Å². The standard InChI is InChI=1S/C17H18ClN3O4S/c1-12-2-4-13(5-3-12)17(23)21-20-16(22)10-11-19-26(24,25)15-8-6-14(18)7-9-15/h2-9,19H,10-11H2,1H3,(H,20,22)(H,21,23). The van der Waals surface area contributed by atoms with E-state index in [1.54, 1.807) is 24.3 Å². The molecule has 0 aromatic heterocycles. The van der Waals surface area contributed by atoms with Crippen LogP contribution in [0.25, 0.3) is 0 Å². The quantitative estimate of drug-likeness (QED) is 0.648. The smallest absolute Gasteiger partial charge is 0.269 e. The number of benzene rings is 2. The van der Waals surface area contributed by atoms with Crippen molar-refractivity contribution in [2.45, 2.75) is 18.2 Å². The highest BCUT2D eigenvalue weighted by Crippen LogP contribution is 2.13. The van der Waals surface area contributed by atoms with Gasteiger partial charge >= 0.3 is 0 Å². The van der Waals surface area contributed by atoms with Gasteiger partial charge in [-0.1, -0.05) is 29.3 Å². The van der Waals surface area contributed by atoms with Crippen LogP contribution in [0, 0.1) is 6.92 Å². The van der Waals surface area contributed by atoms with Crippen molar-refractivity contribution >= 4 is 33.4 Å². The molecule has 0 bridgehead atoms. The summed E-state index contributed by atoms with van der Waals surface area (Å²) in [7, 11) is -3.73. The maximum Gasteiger partial charge on any atom is 0.269 e. The van der Waals surface area contributed by atoms with Crippen molar-refractivity contribution < 1.29 is 18.0 Å². The lowest BCUT2D eigenvalue weighted by atomic mass is 10.1. The Hall–Kier alpha value is -2.42. The van der Waals surface area contributed by atoms with Gasteiger partial charge in [0.2, 0.25) is 15.9 Å². The number of carbonyl (C=O) groups is 2. The fraction of sp³-hybridized carbons (Fsp3) is 0.176. The van der Waals surface area contributed by atoms with E-state index in [0.29, 0.717) is 10.6 Å². The van der Waals surface area contributed by atoms with Crippen LogP contribution in [0.4, 0.5) is 0 Å². The predicted molar refractivity (Wildman–Crippen MR) is 98.0 cm³/mol. The Bertz CT molecular complexity index is 881. The molecule has 7 nitrogen and oxygen atoms in total. The Balaban J connectivity index is 1.77. The fourth-order valence-corrected chi connectivity index (χ4v) is 3.12. The van der Waals surface area contributed by atoms with E-state index in [0.717, 1.165) is 5.56 Å². The maximum atomic E-state index is 12.0. The molecule has 26 heavy (non-hydrogen) atoms. The summed E-state index contributed by atoms with van der Waals surface area (Å²) in [6, 6.07) is 12.5. The lowest BCUT2D eigenvalue weighted by Gasteiger charge is -2.09. The molecule has 0 saturated carbocycles. The molecule has 0 aliphatic heterocycles. The van der Waals surface area contributed by atoms with Crippen molar-refractivity contribution in [1.29, 1.82) is 0 Å². The van der Waals surface area contributed by atoms with Crippen LogP contribution in [0.5, 0.6) is 0 Å². The zero-order valence-corrected chi connectivity index (χ0v) is 15.5. The summed E-state index contributed by atoms with van der Waals surface area (Å²) < 4.78 is 26.4. The summed E-state index contributed by atoms with van der Waals surface area (Å²) in [6.45, 7) is 1.78. The molecule has 2 amide bonds. The maximum absolute atomic E-state index is 12.0. The van der Waals surface area contributed by atoms with Crippen LogP contribution in [0.2, 0.25) is 5.02 Å². The lowest BCUT2D eigenvalue weighted by molar-refractivity contribution is -0.121. The molecule has 0 fully saturated rings. The number of hydrazine groups is 1. The highest BCUT2D eigenvalue weighted by atomic mass is 35.5. The molecular formula is C17H18ClN3O4S. The van der Waals surface area contributed by atoms with Crippen molar-refractivity contribution in [2.75, 3.05) is 6.54 Å². The Morgan fingerprint density at radius 1 is 0.962 bits per heavy atom. The SMILES string of the molecule is Cc1ccc(C(=O)NNC(=O)CCNS(=O)(=O)c2ccc(Cl)cc2)cc1. The van der Waals surface area contributed by atoms with Gasteiger partial charge < -0.3 is 0 Å². The number of aryl methyl sites for hydroxylation is 1. The van der Waals surface area contributed by atoms with Crippen LogP contribution in [0.3, 0.4) is 0 Å². The Kier molecular flexibility index (Phi) is 6.73. The first-order valence-corrected chi connectivity index (χ1v) is 9.55. The van der Waals surface area contributed by atoms with Crippen LogP contribution in [-0.4, -0.2) is 26.8 Å². The zero-order chi connectivity index (χ0) is 19.2. The minimum absolute atomic E-state index is 0.0509. The number of halogens is 1. The first-order valence-electron chi connectivity index (χ1n) is 7.69. The zero-order valence-electron chi connectivity index (χ0n) is 14.0. The van der Waals surface area contributed by atoms with Crippen molar-refractivity contribution in [2.24, 2.45) is 0 Å². The first-order chi connectivity index (χ1) is 12.3. The van der Waals surface area contributed by atoms with Gasteiger partial charge in [0.1, 0.15) is 0 Å². The number of amides is 2. The van der Waals surface area contributed by atoms with Gasteiger partial charge in [0, 0.05) is 23.6 Å². The minimum Gasteiger partial charge on any atom is -0.273 e. The van der Waals surface area contributed by atoms with Gasteiger partial charge in [0.05, 0.1) is 4.90 Å². The van der Waals surface area contributed by atoms with Gasteiger partial charge in [-0.25, -0.2) is 13.1 Å². The van der Waals surface area contributed by atoms with E-state index < -0.39 is 21.8 Å². The van der Waals surface area contributed by atoms with Crippen molar-refractivity contribution in [1.82, 2.24) is 15.6 Å². The van der Waals surface area contributed by atoms with Crippen molar-refractivity contribution in [3.8, 4) is 0 Å². The number of carbonyl (C=O) groups excluding carboxylic acids is 2. The molecule has 0 saturated heterocycles. The third kappa shape index (κ3) is 5.83. The minimum atomic E-state index is -3.73. The van der Waals surface area contributed by atoms with Crippen molar-refractivity contribution in [3.63, 3.8) is 0 Å². The van der Waals surface area contributed by atoms with E-state index in [-0.39, 0.29) is 17.9 Å². The van der Waals surface area contributed by atoms with Crippen LogP contribution in [-0.2, 0) is 14.8 Å². The third-order valence-electron chi connectivity index (χ3n) is 3.40. The van der Waals surface area contributed by atoms with Crippen LogP contribution < -0.4 is 15.6 Å². The third-order valence-corrected chi connectivity index (χ3v) is 5.13. The number of rotatable bonds is 6. The molecule has 9 heteroatoms. The Labute approximate surface area is 156 Å². The molecule has 2 aromatic rings. The highest BCUT2D eigenvalue weighted by Gasteiger charge is 2.14. The molecule has 0 aliphatic rings. The van der Waals surface area contributed by atoms with Crippen LogP contribution in [0.15, 0.2) is 53.4 Å². The Morgan fingerprint density at radius 2 is 1.58 bits per heavy atom. The molecule has 0 radical (unpaired) electrons. The lowest BCUT2D eigenvalue weighted by Crippen LogP contribution is -2.42. The molecule has 138 valence electrons. The van der Waals surface area contributed by atoms with E-state index in [9.17, 15) is 18.0 Å². The van der Waals surface area contributed by atoms with Gasteiger partial charge in [-0.2, -0.15) is 0 Å². The van der Waals surface area contributed by atoms with Crippen molar-refractivity contribution in [3.05, 3.63) is 64.7 Å². The van der Waals surface area contributed by atoms with Crippen LogP contribution >= 0.6 is 11.6 Å². The molecule has 0 unspecified atom stereocenters. The number of hydrogen-bond donors (Lipinski definition) is 3. The monoisotopic (exact) mass is 395 g/mol. The molecule has 0 atom stereocenters. The first kappa shape index (κ1) is 19.9. The number of sulfonamides is 1. The summed E-state index contributed by atoms with van der Waals surface area (Å²) in [4.78, 5) is 23.6. The summed E-state index contributed by atoms with van der Waals surface area (Å²) in [5.41, 5.74) is 5.93. The van der Waals surface area contributed by atoms with Gasteiger partial charge in [-0.05, 0) is 43.3 Å². The van der Waals surface area contributed by atoms with Gasteiger partial charge in [0.25, 0.3) is 5.91 Å². The van der Waals surface area contributed by atoms with E-state index in [2.05, 4.69) is 15.6 Å². The van der Waals surface area contributed by atoms with E-state index in [4.69, 9.17) is 11.6 Å². The summed E-state index contributed by atoms with van der Waals surface area (Å²) in [5, 5.41) is 0.424. The van der Waals surface area contributed by atoms with Gasteiger partial charge in [-0.15, -0.1) is 0 Å².